The van der Waals surface area contributed by atoms with Crippen molar-refractivity contribution < 1.29 is 0 Å². The van der Waals surface area contributed by atoms with Crippen molar-refractivity contribution in [2.75, 3.05) is 0 Å². The van der Waals surface area contributed by atoms with Gasteiger partial charge < -0.3 is 0 Å². The fraction of sp³-hybridized carbons (Fsp3) is 0.238. The van der Waals surface area contributed by atoms with Crippen LogP contribution in [0.15, 0.2) is 91.0 Å². The van der Waals surface area contributed by atoms with Gasteiger partial charge in [0.15, 0.2) is 0 Å². The molecule has 0 saturated heterocycles. The summed E-state index contributed by atoms with van der Waals surface area (Å²) in [6.45, 7) is 16.7. The number of hydrogen-bond donors (Lipinski definition) is 0. The van der Waals surface area contributed by atoms with Crippen LogP contribution in [0.2, 0.25) is 0 Å². The first kappa shape index (κ1) is 24.4. The minimum atomic E-state index is -0.0851. The van der Waals surface area contributed by atoms with Gasteiger partial charge in [-0.25, -0.2) is 0 Å². The molecule has 204 valence electrons. The van der Waals surface area contributed by atoms with E-state index in [1.807, 2.05) is 0 Å². The summed E-state index contributed by atoms with van der Waals surface area (Å²) in [4.78, 5) is 0. The third-order valence-electron chi connectivity index (χ3n) is 10.9. The van der Waals surface area contributed by atoms with Gasteiger partial charge in [-0.1, -0.05) is 121 Å². The molecule has 0 amide bonds. The third kappa shape index (κ3) is 2.79. The van der Waals surface area contributed by atoms with Gasteiger partial charge in [-0.05, 0) is 117 Å². The van der Waals surface area contributed by atoms with Gasteiger partial charge in [0.25, 0.3) is 0 Å². The Morgan fingerprint density at radius 3 is 1.76 bits per heavy atom. The Hall–Kier alpha value is -4.16. The molecule has 0 atom stereocenters. The summed E-state index contributed by atoms with van der Waals surface area (Å²) in [7, 11) is 0. The molecular weight excluding hydrogens is 504 g/mol. The molecule has 0 heteroatoms. The monoisotopic (exact) mass is 540 g/mol. The Balaban J connectivity index is 1.40. The molecule has 0 spiro atoms. The molecular formula is C42H36. The lowest BCUT2D eigenvalue weighted by molar-refractivity contribution is 0.596. The summed E-state index contributed by atoms with van der Waals surface area (Å²) in [6, 6.07) is 35.5. The van der Waals surface area contributed by atoms with Crippen molar-refractivity contribution >= 4 is 43.1 Å². The summed E-state index contributed by atoms with van der Waals surface area (Å²) in [5, 5.41) is 11.0. The lowest BCUT2D eigenvalue weighted by atomic mass is 9.78. The summed E-state index contributed by atoms with van der Waals surface area (Å²) in [6.07, 6.45) is 0. The Labute approximate surface area is 248 Å². The molecule has 2 aliphatic rings. The van der Waals surface area contributed by atoms with Crippen LogP contribution in [-0.4, -0.2) is 0 Å². The van der Waals surface area contributed by atoms with E-state index in [-0.39, 0.29) is 16.2 Å². The summed E-state index contributed by atoms with van der Waals surface area (Å²) in [5.41, 5.74) is 12.9. The van der Waals surface area contributed by atoms with Gasteiger partial charge in [-0.3, -0.25) is 0 Å². The van der Waals surface area contributed by atoms with Gasteiger partial charge >= 0.3 is 0 Å². The SMILES string of the molecule is CC(C)(C)c1ccc2ccc3c4c(cc5ccc1c2c53)C(C)(C)c1cc2c(cc1-4)C(C)(C)c1ccc3ccccc3c1-2. The summed E-state index contributed by atoms with van der Waals surface area (Å²) in [5.74, 6) is 0. The van der Waals surface area contributed by atoms with Gasteiger partial charge in [0.1, 0.15) is 0 Å². The van der Waals surface area contributed by atoms with Gasteiger partial charge in [0, 0.05) is 10.8 Å². The molecule has 2 aliphatic carbocycles. The normalized spacial score (nSPS) is 16.4. The van der Waals surface area contributed by atoms with E-state index in [1.54, 1.807) is 0 Å². The van der Waals surface area contributed by atoms with Crippen LogP contribution in [0.3, 0.4) is 0 Å². The molecule has 7 aromatic carbocycles. The highest BCUT2D eigenvalue weighted by Gasteiger charge is 2.43. The van der Waals surface area contributed by atoms with Crippen molar-refractivity contribution in [1.82, 2.24) is 0 Å². The van der Waals surface area contributed by atoms with Crippen LogP contribution in [-0.2, 0) is 16.2 Å². The van der Waals surface area contributed by atoms with Gasteiger partial charge in [0.2, 0.25) is 0 Å². The van der Waals surface area contributed by atoms with E-state index < -0.39 is 0 Å². The Kier molecular flexibility index (Phi) is 4.32. The molecule has 9 rings (SSSR count). The van der Waals surface area contributed by atoms with E-state index in [0.717, 1.165) is 0 Å². The van der Waals surface area contributed by atoms with Crippen molar-refractivity contribution in [1.29, 1.82) is 0 Å². The third-order valence-corrected chi connectivity index (χ3v) is 10.9. The lowest BCUT2D eigenvalue weighted by Gasteiger charge is -2.25. The standard InChI is InChI=1S/C42H36/c1-40(2,3)31-18-15-24-12-17-28-37-25(13-16-27(31)36(24)37)20-35-39(28)30-22-33-29(21-34(30)42(35,6)7)38-26-11-9-8-10-23(26)14-19-32(38)41(33,4)5/h8-22H,1-7H3. The second-order valence-corrected chi connectivity index (χ2v) is 15.0. The highest BCUT2D eigenvalue weighted by molar-refractivity contribution is 6.27. The Morgan fingerprint density at radius 2 is 1.02 bits per heavy atom. The van der Waals surface area contributed by atoms with E-state index in [1.165, 1.54) is 93.2 Å². The first-order valence-corrected chi connectivity index (χ1v) is 15.5. The van der Waals surface area contributed by atoms with E-state index in [2.05, 4.69) is 139 Å². The minimum Gasteiger partial charge on any atom is -0.0616 e. The fourth-order valence-corrected chi connectivity index (χ4v) is 8.73. The predicted molar refractivity (Wildman–Crippen MR) is 181 cm³/mol. The molecule has 0 aliphatic heterocycles. The van der Waals surface area contributed by atoms with E-state index in [9.17, 15) is 0 Å². The molecule has 0 radical (unpaired) electrons. The average molecular weight is 541 g/mol. The molecule has 7 aromatic rings. The van der Waals surface area contributed by atoms with Crippen molar-refractivity contribution in [3.05, 3.63) is 119 Å². The van der Waals surface area contributed by atoms with Gasteiger partial charge in [-0.2, -0.15) is 0 Å². The number of benzene rings is 7. The zero-order valence-electron chi connectivity index (χ0n) is 25.7. The first-order chi connectivity index (χ1) is 20.0. The zero-order valence-corrected chi connectivity index (χ0v) is 25.7. The van der Waals surface area contributed by atoms with Crippen molar-refractivity contribution in [3.63, 3.8) is 0 Å². The second-order valence-electron chi connectivity index (χ2n) is 15.0. The van der Waals surface area contributed by atoms with E-state index >= 15 is 0 Å². The highest BCUT2D eigenvalue weighted by atomic mass is 14.5. The highest BCUT2D eigenvalue weighted by Crippen LogP contribution is 2.59. The number of hydrogen-bond acceptors (Lipinski definition) is 0. The largest absolute Gasteiger partial charge is 0.0616 e. The van der Waals surface area contributed by atoms with Gasteiger partial charge in [0.05, 0.1) is 0 Å². The Morgan fingerprint density at radius 1 is 0.452 bits per heavy atom. The van der Waals surface area contributed by atoms with Crippen LogP contribution in [0.25, 0.3) is 65.3 Å². The summed E-state index contributed by atoms with van der Waals surface area (Å²) < 4.78 is 0. The number of rotatable bonds is 0. The average Bonchev–Trinajstić information content (AvgIpc) is 3.33. The van der Waals surface area contributed by atoms with Crippen LogP contribution < -0.4 is 0 Å². The van der Waals surface area contributed by atoms with E-state index in [4.69, 9.17) is 0 Å². The van der Waals surface area contributed by atoms with Crippen LogP contribution in [0.1, 0.15) is 76.3 Å². The van der Waals surface area contributed by atoms with Crippen LogP contribution in [0, 0.1) is 0 Å². The molecule has 0 saturated carbocycles. The molecule has 0 aromatic heterocycles. The van der Waals surface area contributed by atoms with Crippen molar-refractivity contribution in [2.45, 2.75) is 64.7 Å². The quantitative estimate of drug-likeness (QED) is 0.168. The maximum Gasteiger partial charge on any atom is 0.0159 e. The molecule has 0 nitrogen and oxygen atoms in total. The van der Waals surface area contributed by atoms with E-state index in [0.29, 0.717) is 0 Å². The van der Waals surface area contributed by atoms with Crippen LogP contribution in [0.4, 0.5) is 0 Å². The fourth-order valence-electron chi connectivity index (χ4n) is 8.73. The second kappa shape index (κ2) is 7.42. The first-order valence-electron chi connectivity index (χ1n) is 15.5. The van der Waals surface area contributed by atoms with Crippen LogP contribution >= 0.6 is 0 Å². The molecule has 0 bridgehead atoms. The minimum absolute atomic E-state index is 0.0536. The van der Waals surface area contributed by atoms with Crippen molar-refractivity contribution in [3.8, 4) is 22.3 Å². The van der Waals surface area contributed by atoms with Gasteiger partial charge in [-0.15, -0.1) is 0 Å². The van der Waals surface area contributed by atoms with Crippen molar-refractivity contribution in [2.24, 2.45) is 0 Å². The Bertz CT molecular complexity index is 2320. The summed E-state index contributed by atoms with van der Waals surface area (Å²) >= 11 is 0. The van der Waals surface area contributed by atoms with Crippen LogP contribution in [0.5, 0.6) is 0 Å². The predicted octanol–water partition coefficient (Wildman–Crippen LogP) is 11.6. The topological polar surface area (TPSA) is 0 Å². The molecule has 0 unspecified atom stereocenters. The maximum atomic E-state index is 2.57. The molecule has 42 heavy (non-hydrogen) atoms. The zero-order chi connectivity index (χ0) is 28.9. The molecule has 0 heterocycles. The lowest BCUT2D eigenvalue weighted by Crippen LogP contribution is -2.17. The smallest absolute Gasteiger partial charge is 0.0159 e. The molecule has 0 fully saturated rings. The molecule has 0 N–H and O–H groups in total. The number of fused-ring (bicyclic) bond motifs is 9. The maximum absolute atomic E-state index is 2.57.